The van der Waals surface area contributed by atoms with E-state index in [1.807, 2.05) is 54.6 Å². The van der Waals surface area contributed by atoms with Crippen LogP contribution in [-0.2, 0) is 33.8 Å². The predicted octanol–water partition coefficient (Wildman–Crippen LogP) is 9.94. The van der Waals surface area contributed by atoms with Crippen LogP contribution < -0.4 is 5.32 Å². The van der Waals surface area contributed by atoms with Gasteiger partial charge < -0.3 is 19.9 Å². The molecule has 2 N–H and O–H groups in total. The minimum absolute atomic E-state index is 0.0366. The van der Waals surface area contributed by atoms with Gasteiger partial charge in [-0.2, -0.15) is 0 Å². The van der Waals surface area contributed by atoms with E-state index in [2.05, 4.69) is 96.1 Å². The van der Waals surface area contributed by atoms with E-state index in [1.54, 1.807) is 24.3 Å². The number of likely N-dealkylation sites (N-methyl/N-ethyl adjacent to an activating group) is 1. The van der Waals surface area contributed by atoms with E-state index >= 15 is 0 Å². The first kappa shape index (κ1) is 37.9. The summed E-state index contributed by atoms with van der Waals surface area (Å²) in [7, 11) is 2.16. The van der Waals surface area contributed by atoms with E-state index in [9.17, 15) is 14.7 Å². The number of aliphatic hydroxyl groups is 1. The molecule has 1 fully saturated rings. The molecule has 1 aliphatic rings. The van der Waals surface area contributed by atoms with Crippen LogP contribution in [-0.4, -0.2) is 41.4 Å². The molecule has 1 heterocycles. The molecule has 1 saturated heterocycles. The number of benzene rings is 7. The van der Waals surface area contributed by atoms with Crippen molar-refractivity contribution in [3.05, 3.63) is 197 Å². The van der Waals surface area contributed by atoms with E-state index in [4.69, 9.17) is 9.47 Å². The number of Topliss-reactive ketones (excluding diaryl/α,β-unsaturated/α-hetero) is 1. The van der Waals surface area contributed by atoms with E-state index in [-0.39, 0.29) is 42.8 Å². The van der Waals surface area contributed by atoms with Gasteiger partial charge in [0, 0.05) is 35.8 Å². The van der Waals surface area contributed by atoms with E-state index in [0.29, 0.717) is 17.8 Å². The lowest BCUT2D eigenvalue weighted by Gasteiger charge is -2.44. The zero-order valence-electron chi connectivity index (χ0n) is 32.2. The molecule has 7 aromatic carbocycles. The zero-order chi connectivity index (χ0) is 39.3. The lowest BCUT2D eigenvalue weighted by atomic mass is 9.83. The molecule has 0 radical (unpaired) electrons. The molecule has 0 spiro atoms. The van der Waals surface area contributed by atoms with Gasteiger partial charge in [0.15, 0.2) is 12.1 Å². The molecular formula is C50H46N2O5. The summed E-state index contributed by atoms with van der Waals surface area (Å²) >= 11 is 0. The number of hydrogen-bond donors (Lipinski definition) is 2. The number of rotatable bonds is 12. The number of nitrogens with zero attached hydrogens (tertiary/aromatic N) is 1. The van der Waals surface area contributed by atoms with E-state index < -0.39 is 6.29 Å². The van der Waals surface area contributed by atoms with Crippen molar-refractivity contribution in [2.24, 2.45) is 0 Å². The fourth-order valence-corrected chi connectivity index (χ4v) is 8.08. The zero-order valence-corrected chi connectivity index (χ0v) is 32.2. The third kappa shape index (κ3) is 8.58. The number of ether oxygens (including phenoxy) is 2. The number of fused-ring (bicyclic) bond motifs is 2. The van der Waals surface area contributed by atoms with Crippen LogP contribution in [0.15, 0.2) is 158 Å². The van der Waals surface area contributed by atoms with Crippen LogP contribution in [0.1, 0.15) is 69.0 Å². The summed E-state index contributed by atoms with van der Waals surface area (Å²) in [6.07, 6.45) is -1.13. The van der Waals surface area contributed by atoms with Gasteiger partial charge in [-0.3, -0.25) is 14.5 Å². The lowest BCUT2D eigenvalue weighted by molar-refractivity contribution is -0.263. The number of carbonyl (C=O) groups is 2. The van der Waals surface area contributed by atoms with Crippen molar-refractivity contribution < 1.29 is 24.2 Å². The molecule has 0 saturated carbocycles. The number of aliphatic hydroxyl groups excluding tert-OH is 1. The van der Waals surface area contributed by atoms with Gasteiger partial charge in [0.25, 0.3) is 0 Å². The highest BCUT2D eigenvalue weighted by molar-refractivity contribution is 6.02. The minimum Gasteiger partial charge on any atom is -0.392 e. The maximum Gasteiger partial charge on any atom is 0.228 e. The van der Waals surface area contributed by atoms with E-state index in [0.717, 1.165) is 34.4 Å². The molecule has 1 amide bonds. The first-order valence-electron chi connectivity index (χ1n) is 19.5. The van der Waals surface area contributed by atoms with Crippen LogP contribution in [0.2, 0.25) is 0 Å². The fourth-order valence-electron chi connectivity index (χ4n) is 8.08. The van der Waals surface area contributed by atoms with Gasteiger partial charge in [-0.05, 0) is 81.5 Å². The Kier molecular flexibility index (Phi) is 11.3. The van der Waals surface area contributed by atoms with Crippen molar-refractivity contribution in [3.8, 4) is 0 Å². The molecule has 7 nitrogen and oxygen atoms in total. The Morgan fingerprint density at radius 2 is 1.30 bits per heavy atom. The van der Waals surface area contributed by atoms with Crippen molar-refractivity contribution >= 4 is 38.9 Å². The number of carbonyl (C=O) groups excluding carboxylic acids is 2. The molecule has 0 bridgehead atoms. The Hall–Kier alpha value is -5.96. The van der Waals surface area contributed by atoms with Crippen LogP contribution in [0.25, 0.3) is 21.5 Å². The van der Waals surface area contributed by atoms with Gasteiger partial charge in [0.1, 0.15) is 0 Å². The summed E-state index contributed by atoms with van der Waals surface area (Å²) in [6.45, 7) is 2.82. The highest BCUT2D eigenvalue weighted by atomic mass is 16.7. The standard InChI is InChI=1S/C50H46N2O5/c1-33(54)39-15-10-16-42(29-39)51-47(55)27-34-19-25-38(26-20-34)50-56-46(48(36-11-4-3-5-12-36)49(57-50)37-23-21-35(32-53)22-24-37)31-52(2)30-45-43-17-8-6-13-40(43)28-41-14-7-9-18-44(41)45/h3-26,28-29,46,48-50,53H,27,30-32H2,1-2H3,(H,51,55)/t46-,48-,49+,50?/m1/s1. The second-order valence-electron chi connectivity index (χ2n) is 15.0. The molecule has 8 rings (SSSR count). The first-order chi connectivity index (χ1) is 27.8. The molecule has 286 valence electrons. The highest BCUT2D eigenvalue weighted by Gasteiger charge is 2.42. The normalized spacial score (nSPS) is 18.2. The molecule has 7 heteroatoms. The summed E-state index contributed by atoms with van der Waals surface area (Å²) in [5.41, 5.74) is 7.07. The number of nitrogens with one attached hydrogen (secondary N) is 1. The van der Waals surface area contributed by atoms with Crippen LogP contribution in [0.3, 0.4) is 0 Å². The number of amides is 1. The summed E-state index contributed by atoms with van der Waals surface area (Å²) in [4.78, 5) is 27.2. The Morgan fingerprint density at radius 3 is 1.96 bits per heavy atom. The highest BCUT2D eigenvalue weighted by Crippen LogP contribution is 2.47. The Labute approximate surface area is 333 Å². The van der Waals surface area contributed by atoms with Gasteiger partial charge in [-0.15, -0.1) is 0 Å². The molecular weight excluding hydrogens is 709 g/mol. The molecule has 4 atom stereocenters. The number of anilines is 1. The molecule has 1 aliphatic heterocycles. The smallest absolute Gasteiger partial charge is 0.228 e. The van der Waals surface area contributed by atoms with Crippen molar-refractivity contribution in [1.29, 1.82) is 0 Å². The first-order valence-corrected chi connectivity index (χ1v) is 19.5. The minimum atomic E-state index is -0.679. The molecule has 1 unspecified atom stereocenters. The van der Waals surface area contributed by atoms with Crippen molar-refractivity contribution in [2.45, 2.75) is 50.9 Å². The van der Waals surface area contributed by atoms with Crippen LogP contribution in [0.5, 0.6) is 0 Å². The third-order valence-corrected chi connectivity index (χ3v) is 10.9. The van der Waals surface area contributed by atoms with Crippen molar-refractivity contribution in [1.82, 2.24) is 4.90 Å². The summed E-state index contributed by atoms with van der Waals surface area (Å²) in [6, 6.07) is 52.7. The van der Waals surface area contributed by atoms with Crippen molar-refractivity contribution in [3.63, 3.8) is 0 Å². The maximum absolute atomic E-state index is 13.0. The fraction of sp³-hybridized carbons (Fsp3) is 0.200. The van der Waals surface area contributed by atoms with E-state index in [1.165, 1.54) is 34.0 Å². The van der Waals surface area contributed by atoms with Crippen LogP contribution in [0.4, 0.5) is 5.69 Å². The van der Waals surface area contributed by atoms with Gasteiger partial charge >= 0.3 is 0 Å². The maximum atomic E-state index is 13.0. The second kappa shape index (κ2) is 17.0. The van der Waals surface area contributed by atoms with Crippen LogP contribution in [0, 0.1) is 0 Å². The van der Waals surface area contributed by atoms with Crippen LogP contribution >= 0.6 is 0 Å². The predicted molar refractivity (Wildman–Crippen MR) is 226 cm³/mol. The summed E-state index contributed by atoms with van der Waals surface area (Å²) in [5.74, 6) is -0.368. The molecule has 0 aliphatic carbocycles. The largest absolute Gasteiger partial charge is 0.392 e. The Balaban J connectivity index is 1.09. The Bertz CT molecular complexity index is 2450. The monoisotopic (exact) mass is 754 g/mol. The topological polar surface area (TPSA) is 88.1 Å². The SMILES string of the molecule is CC(=O)c1cccc(NC(=O)Cc2ccc(C3O[C@H](CN(C)Cc4c5ccccc5cc5ccccc45)[C@@H](c4ccccc4)[C@H](c4ccc(CO)cc4)O3)cc2)c1. The summed E-state index contributed by atoms with van der Waals surface area (Å²) < 4.78 is 14.0. The average Bonchev–Trinajstić information content (AvgIpc) is 3.24. The molecule has 7 aromatic rings. The summed E-state index contributed by atoms with van der Waals surface area (Å²) in [5, 5.41) is 17.7. The molecule has 57 heavy (non-hydrogen) atoms. The van der Waals surface area contributed by atoms with Gasteiger partial charge in [0.05, 0.1) is 25.2 Å². The lowest BCUT2D eigenvalue weighted by Crippen LogP contribution is -2.43. The van der Waals surface area contributed by atoms with Crippen molar-refractivity contribution in [2.75, 3.05) is 18.9 Å². The Morgan fingerprint density at radius 1 is 0.667 bits per heavy atom. The van der Waals surface area contributed by atoms with Gasteiger partial charge in [-0.25, -0.2) is 0 Å². The van der Waals surface area contributed by atoms with Gasteiger partial charge in [-0.1, -0.05) is 140 Å². The number of hydrogen-bond acceptors (Lipinski definition) is 6. The third-order valence-electron chi connectivity index (χ3n) is 10.9. The van der Waals surface area contributed by atoms with Gasteiger partial charge in [0.2, 0.25) is 5.91 Å². The molecule has 0 aromatic heterocycles. The second-order valence-corrected chi connectivity index (χ2v) is 15.0. The average molecular weight is 755 g/mol. The quantitative estimate of drug-likeness (QED) is 0.0954. The number of ketones is 1.